The smallest absolute Gasteiger partial charge is 0.0443 e. The number of aliphatic hydroxyl groups is 1. The topological polar surface area (TPSA) is 35.5 Å². The normalized spacial score (nSPS) is 25.0. The number of aliphatic hydroxyl groups excluding tert-OH is 1. The van der Waals surface area contributed by atoms with E-state index in [0.29, 0.717) is 12.6 Å². The number of likely N-dealkylation sites (tertiary alicyclic amines) is 1. The highest BCUT2D eigenvalue weighted by Gasteiger charge is 2.22. The predicted octanol–water partition coefficient (Wildman–Crippen LogP) is 0.0526. The van der Waals surface area contributed by atoms with E-state index < -0.39 is 0 Å². The van der Waals surface area contributed by atoms with Crippen molar-refractivity contribution in [1.29, 1.82) is 0 Å². The van der Waals surface area contributed by atoms with Gasteiger partial charge in [-0.15, -0.1) is 0 Å². The van der Waals surface area contributed by atoms with Gasteiger partial charge >= 0.3 is 0 Å². The molecule has 0 radical (unpaired) electrons. The zero-order chi connectivity index (χ0) is 8.81. The number of nitrogens with one attached hydrogen (secondary N) is 1. The minimum atomic E-state index is 0.322. The summed E-state index contributed by atoms with van der Waals surface area (Å²) in [4.78, 5) is 2.48. The average molecular weight is 172 g/mol. The molecule has 1 saturated heterocycles. The average Bonchev–Trinajstić information content (AvgIpc) is 2.50. The van der Waals surface area contributed by atoms with E-state index in [-0.39, 0.29) is 0 Å². The lowest BCUT2D eigenvalue weighted by molar-refractivity contribution is 0.211. The summed E-state index contributed by atoms with van der Waals surface area (Å²) < 4.78 is 0. The van der Waals surface area contributed by atoms with Gasteiger partial charge in [-0.1, -0.05) is 0 Å². The largest absolute Gasteiger partial charge is 0.396 e. The van der Waals surface area contributed by atoms with Gasteiger partial charge in [0.15, 0.2) is 0 Å². The number of hydrogen-bond donors (Lipinski definition) is 2. The number of nitrogens with zero attached hydrogens (tertiary/aromatic N) is 1. The monoisotopic (exact) mass is 172 g/mol. The molecule has 72 valence electrons. The summed E-state index contributed by atoms with van der Waals surface area (Å²) in [6, 6.07) is 0.710. The summed E-state index contributed by atoms with van der Waals surface area (Å²) in [5.74, 6) is 0. The first-order valence-electron chi connectivity index (χ1n) is 4.88. The van der Waals surface area contributed by atoms with Gasteiger partial charge in [-0.2, -0.15) is 0 Å². The van der Waals surface area contributed by atoms with Gasteiger partial charge in [0.2, 0.25) is 0 Å². The fourth-order valence-corrected chi connectivity index (χ4v) is 1.93. The Bertz CT molecular complexity index is 119. The molecule has 1 unspecified atom stereocenters. The van der Waals surface area contributed by atoms with E-state index in [9.17, 15) is 0 Å². The van der Waals surface area contributed by atoms with Gasteiger partial charge in [0, 0.05) is 25.7 Å². The molecule has 1 heterocycles. The lowest BCUT2D eigenvalue weighted by Crippen LogP contribution is -2.37. The molecule has 12 heavy (non-hydrogen) atoms. The van der Waals surface area contributed by atoms with Gasteiger partial charge in [0.25, 0.3) is 0 Å². The highest BCUT2D eigenvalue weighted by Crippen LogP contribution is 2.16. The first-order chi connectivity index (χ1) is 5.88. The van der Waals surface area contributed by atoms with Crippen LogP contribution in [0.2, 0.25) is 0 Å². The Morgan fingerprint density at radius 3 is 3.08 bits per heavy atom. The van der Waals surface area contributed by atoms with Crippen LogP contribution in [-0.4, -0.2) is 49.3 Å². The summed E-state index contributed by atoms with van der Waals surface area (Å²) in [5.41, 5.74) is 0. The van der Waals surface area contributed by atoms with Crippen LogP contribution in [0.5, 0.6) is 0 Å². The molecule has 1 atom stereocenters. The van der Waals surface area contributed by atoms with Crippen molar-refractivity contribution in [3.63, 3.8) is 0 Å². The van der Waals surface area contributed by atoms with Gasteiger partial charge in [0.05, 0.1) is 0 Å². The maximum absolute atomic E-state index is 8.70. The molecule has 0 aromatic carbocycles. The summed E-state index contributed by atoms with van der Waals surface area (Å²) in [5, 5.41) is 11.9. The zero-order valence-electron chi connectivity index (χ0n) is 7.92. The van der Waals surface area contributed by atoms with Crippen molar-refractivity contribution in [3.05, 3.63) is 0 Å². The lowest BCUT2D eigenvalue weighted by Gasteiger charge is -2.23. The predicted molar refractivity (Wildman–Crippen MR) is 50.2 cm³/mol. The molecule has 1 aliphatic rings. The Morgan fingerprint density at radius 1 is 1.58 bits per heavy atom. The van der Waals surface area contributed by atoms with E-state index in [2.05, 4.69) is 10.2 Å². The molecule has 3 heteroatoms. The molecule has 0 saturated carbocycles. The fraction of sp³-hybridized carbons (Fsp3) is 1.00. The van der Waals surface area contributed by atoms with E-state index in [0.717, 1.165) is 19.5 Å². The standard InChI is InChI=1S/C9H20N2O/c1-10-8-9-4-2-5-11(9)6-3-7-12/h9-10,12H,2-8H2,1H3. The Morgan fingerprint density at radius 2 is 2.42 bits per heavy atom. The Balaban J connectivity index is 2.20. The van der Waals surface area contributed by atoms with Gasteiger partial charge in [0.1, 0.15) is 0 Å². The molecule has 0 aromatic rings. The van der Waals surface area contributed by atoms with E-state index in [1.54, 1.807) is 0 Å². The van der Waals surface area contributed by atoms with Gasteiger partial charge in [-0.3, -0.25) is 4.90 Å². The minimum Gasteiger partial charge on any atom is -0.396 e. The van der Waals surface area contributed by atoms with Crippen LogP contribution in [0, 0.1) is 0 Å². The molecule has 0 bridgehead atoms. The van der Waals surface area contributed by atoms with Crippen LogP contribution in [-0.2, 0) is 0 Å². The summed E-state index contributed by atoms with van der Waals surface area (Å²) in [6.07, 6.45) is 3.55. The van der Waals surface area contributed by atoms with Crippen molar-refractivity contribution >= 4 is 0 Å². The lowest BCUT2D eigenvalue weighted by atomic mass is 10.2. The molecule has 1 rings (SSSR count). The van der Waals surface area contributed by atoms with Crippen molar-refractivity contribution in [3.8, 4) is 0 Å². The molecule has 0 amide bonds. The Labute approximate surface area is 74.8 Å². The van der Waals surface area contributed by atoms with E-state index in [1.165, 1.54) is 19.4 Å². The van der Waals surface area contributed by atoms with Crippen LogP contribution in [0.4, 0.5) is 0 Å². The Kier molecular flexibility index (Phi) is 4.58. The number of hydrogen-bond acceptors (Lipinski definition) is 3. The highest BCUT2D eigenvalue weighted by atomic mass is 16.3. The van der Waals surface area contributed by atoms with Crippen molar-refractivity contribution in [2.75, 3.05) is 33.3 Å². The highest BCUT2D eigenvalue weighted by molar-refractivity contribution is 4.79. The molecule has 1 fully saturated rings. The van der Waals surface area contributed by atoms with Crippen molar-refractivity contribution in [2.24, 2.45) is 0 Å². The van der Waals surface area contributed by atoms with Crippen LogP contribution in [0.3, 0.4) is 0 Å². The van der Waals surface area contributed by atoms with E-state index in [1.807, 2.05) is 7.05 Å². The molecule has 0 spiro atoms. The molecule has 0 aliphatic carbocycles. The van der Waals surface area contributed by atoms with E-state index in [4.69, 9.17) is 5.11 Å². The summed E-state index contributed by atoms with van der Waals surface area (Å²) >= 11 is 0. The second-order valence-electron chi connectivity index (χ2n) is 3.47. The zero-order valence-corrected chi connectivity index (χ0v) is 7.92. The summed E-state index contributed by atoms with van der Waals surface area (Å²) in [7, 11) is 2.00. The third-order valence-corrected chi connectivity index (χ3v) is 2.54. The molecular weight excluding hydrogens is 152 g/mol. The molecule has 2 N–H and O–H groups in total. The van der Waals surface area contributed by atoms with Crippen molar-refractivity contribution in [2.45, 2.75) is 25.3 Å². The molecule has 3 nitrogen and oxygen atoms in total. The van der Waals surface area contributed by atoms with Crippen LogP contribution < -0.4 is 5.32 Å². The SMILES string of the molecule is CNCC1CCCN1CCCO. The third kappa shape index (κ3) is 2.73. The maximum Gasteiger partial charge on any atom is 0.0443 e. The molecule has 1 aliphatic heterocycles. The summed E-state index contributed by atoms with van der Waals surface area (Å²) in [6.45, 7) is 3.68. The maximum atomic E-state index is 8.70. The quantitative estimate of drug-likeness (QED) is 0.615. The Hall–Kier alpha value is -0.120. The minimum absolute atomic E-state index is 0.322. The van der Waals surface area contributed by atoms with Crippen LogP contribution in [0.15, 0.2) is 0 Å². The van der Waals surface area contributed by atoms with Crippen LogP contribution in [0.1, 0.15) is 19.3 Å². The number of likely N-dealkylation sites (N-methyl/N-ethyl adjacent to an activating group) is 1. The second-order valence-corrected chi connectivity index (χ2v) is 3.47. The first kappa shape index (κ1) is 9.96. The third-order valence-electron chi connectivity index (χ3n) is 2.54. The van der Waals surface area contributed by atoms with Gasteiger partial charge in [-0.05, 0) is 32.9 Å². The fourth-order valence-electron chi connectivity index (χ4n) is 1.93. The molecule has 0 aromatic heterocycles. The van der Waals surface area contributed by atoms with Crippen molar-refractivity contribution < 1.29 is 5.11 Å². The van der Waals surface area contributed by atoms with E-state index >= 15 is 0 Å². The van der Waals surface area contributed by atoms with Gasteiger partial charge < -0.3 is 10.4 Å². The van der Waals surface area contributed by atoms with Crippen LogP contribution in [0.25, 0.3) is 0 Å². The van der Waals surface area contributed by atoms with Crippen LogP contribution >= 0.6 is 0 Å². The molecular formula is C9H20N2O. The number of rotatable bonds is 5. The van der Waals surface area contributed by atoms with Gasteiger partial charge in [-0.25, -0.2) is 0 Å². The first-order valence-corrected chi connectivity index (χ1v) is 4.88. The second kappa shape index (κ2) is 5.51. The van der Waals surface area contributed by atoms with Crippen molar-refractivity contribution in [1.82, 2.24) is 10.2 Å².